The second kappa shape index (κ2) is 11.3. The molecule has 0 atom stereocenters. The van der Waals surface area contributed by atoms with E-state index in [0.29, 0.717) is 6.42 Å². The van der Waals surface area contributed by atoms with Gasteiger partial charge >= 0.3 is 7.12 Å². The van der Waals surface area contributed by atoms with Crippen molar-refractivity contribution in [2.75, 3.05) is 5.73 Å². The maximum Gasteiger partial charge on any atom is 0.490 e. The van der Waals surface area contributed by atoms with Gasteiger partial charge in [0.2, 0.25) is 0 Å². The highest BCUT2D eigenvalue weighted by atomic mass is 16.7. The Balaban J connectivity index is 1.52. The zero-order chi connectivity index (χ0) is 32.1. The molecule has 228 valence electrons. The highest BCUT2D eigenvalue weighted by Crippen LogP contribution is 2.57. The first-order valence-corrected chi connectivity index (χ1v) is 16.1. The minimum atomic E-state index is -0.503. The first-order valence-electron chi connectivity index (χ1n) is 16.1. The van der Waals surface area contributed by atoms with E-state index in [4.69, 9.17) is 15.0 Å². The van der Waals surface area contributed by atoms with Crippen molar-refractivity contribution in [1.29, 1.82) is 0 Å². The number of anilines is 1. The molecule has 5 aromatic rings. The molecule has 3 nitrogen and oxygen atoms in total. The van der Waals surface area contributed by atoms with Gasteiger partial charge in [0.25, 0.3) is 0 Å². The standard InChI is InChI=1S/C42H40BNO2/c1-6-17-32(43-45-40(2,3)41(4,5)46-43)26-29-27-38-36(28-35(29)34-23-14-16-25-39(34)44)33-22-13-15-24-37(33)42(38,30-18-9-7-10-19-30)31-20-11-8-12-21-31/h6-25,27-28H,1,26,44H2,2-5H3/b32-17+. The number of rotatable bonds is 7. The van der Waals surface area contributed by atoms with Crippen LogP contribution < -0.4 is 5.73 Å². The van der Waals surface area contributed by atoms with Crippen LogP contribution in [-0.2, 0) is 21.1 Å². The van der Waals surface area contributed by atoms with Gasteiger partial charge in [-0.1, -0.05) is 128 Å². The van der Waals surface area contributed by atoms with E-state index in [9.17, 15) is 0 Å². The minimum Gasteiger partial charge on any atom is -0.400 e. The van der Waals surface area contributed by atoms with Gasteiger partial charge in [0.15, 0.2) is 0 Å². The number of benzene rings is 5. The SMILES string of the molecule is C=C/C=C(\Cc1cc2c(cc1-c1ccccc1N)-c1ccccc1C2(c1ccccc1)c1ccccc1)B1OC(C)(C)C(C)(C)O1. The summed E-state index contributed by atoms with van der Waals surface area (Å²) in [7, 11) is -0.498. The van der Waals surface area contributed by atoms with E-state index >= 15 is 0 Å². The summed E-state index contributed by atoms with van der Waals surface area (Å²) >= 11 is 0. The molecule has 0 amide bonds. The lowest BCUT2D eigenvalue weighted by atomic mass is 9.67. The zero-order valence-corrected chi connectivity index (χ0v) is 27.1. The van der Waals surface area contributed by atoms with Crippen LogP contribution in [0.5, 0.6) is 0 Å². The third kappa shape index (κ3) is 4.67. The second-order valence-electron chi connectivity index (χ2n) is 13.4. The van der Waals surface area contributed by atoms with Crippen LogP contribution in [0.4, 0.5) is 5.69 Å². The molecule has 0 bridgehead atoms. The lowest BCUT2D eigenvalue weighted by Crippen LogP contribution is -2.41. The Labute approximate surface area is 273 Å². The Hall–Kier alpha value is -4.64. The maximum atomic E-state index is 6.70. The van der Waals surface area contributed by atoms with Crippen molar-refractivity contribution in [2.24, 2.45) is 0 Å². The van der Waals surface area contributed by atoms with Crippen LogP contribution in [0.1, 0.15) is 55.5 Å². The molecule has 0 saturated carbocycles. The third-order valence-electron chi connectivity index (χ3n) is 10.2. The van der Waals surface area contributed by atoms with E-state index in [1.807, 2.05) is 24.3 Å². The Morgan fingerprint density at radius 3 is 1.78 bits per heavy atom. The van der Waals surface area contributed by atoms with Crippen molar-refractivity contribution >= 4 is 12.8 Å². The van der Waals surface area contributed by atoms with Crippen molar-refractivity contribution in [3.05, 3.63) is 173 Å². The summed E-state index contributed by atoms with van der Waals surface area (Å²) in [6.07, 6.45) is 4.48. The van der Waals surface area contributed by atoms with Crippen molar-refractivity contribution < 1.29 is 9.31 Å². The van der Waals surface area contributed by atoms with Crippen LogP contribution in [0, 0.1) is 0 Å². The molecule has 0 aromatic heterocycles. The molecule has 1 aliphatic carbocycles. The van der Waals surface area contributed by atoms with Gasteiger partial charge in [-0.15, -0.1) is 0 Å². The van der Waals surface area contributed by atoms with Gasteiger partial charge in [0, 0.05) is 11.3 Å². The van der Waals surface area contributed by atoms with Gasteiger partial charge in [0.1, 0.15) is 0 Å². The first kappa shape index (κ1) is 30.0. The van der Waals surface area contributed by atoms with Crippen molar-refractivity contribution in [1.82, 2.24) is 0 Å². The van der Waals surface area contributed by atoms with E-state index in [-0.39, 0.29) is 0 Å². The Morgan fingerprint density at radius 1 is 0.652 bits per heavy atom. The molecule has 0 unspecified atom stereocenters. The number of nitrogens with two attached hydrogens (primary N) is 1. The van der Waals surface area contributed by atoms with Crippen molar-refractivity contribution in [2.45, 2.75) is 50.7 Å². The van der Waals surface area contributed by atoms with Gasteiger partial charge in [-0.2, -0.15) is 0 Å². The molecular weight excluding hydrogens is 561 g/mol. The summed E-state index contributed by atoms with van der Waals surface area (Å²) in [4.78, 5) is 0. The molecule has 46 heavy (non-hydrogen) atoms. The second-order valence-corrected chi connectivity index (χ2v) is 13.4. The molecular formula is C42H40BNO2. The Kier molecular flexibility index (Phi) is 7.39. The average Bonchev–Trinajstić information content (AvgIpc) is 3.47. The van der Waals surface area contributed by atoms with Gasteiger partial charge in [-0.25, -0.2) is 0 Å². The number of hydrogen-bond donors (Lipinski definition) is 1. The fourth-order valence-electron chi connectivity index (χ4n) is 7.26. The van der Waals surface area contributed by atoms with Crippen LogP contribution in [0.3, 0.4) is 0 Å². The molecule has 0 spiro atoms. The molecule has 7 rings (SSSR count). The molecule has 1 fully saturated rings. The average molecular weight is 602 g/mol. The third-order valence-corrected chi connectivity index (χ3v) is 10.2. The molecule has 4 heteroatoms. The number of para-hydroxylation sites is 1. The Bertz CT molecular complexity index is 1900. The lowest BCUT2D eigenvalue weighted by Gasteiger charge is -2.34. The van der Waals surface area contributed by atoms with E-state index in [0.717, 1.165) is 27.9 Å². The predicted octanol–water partition coefficient (Wildman–Crippen LogP) is 9.59. The summed E-state index contributed by atoms with van der Waals surface area (Å²) in [5.74, 6) is 0. The zero-order valence-electron chi connectivity index (χ0n) is 27.1. The molecule has 1 aliphatic heterocycles. The van der Waals surface area contributed by atoms with Crippen molar-refractivity contribution in [3.63, 3.8) is 0 Å². The smallest absolute Gasteiger partial charge is 0.400 e. The van der Waals surface area contributed by atoms with Crippen LogP contribution in [0.2, 0.25) is 0 Å². The quantitative estimate of drug-likeness (QED) is 0.113. The van der Waals surface area contributed by atoms with Gasteiger partial charge in [-0.05, 0) is 96.2 Å². The van der Waals surface area contributed by atoms with Crippen molar-refractivity contribution in [3.8, 4) is 22.3 Å². The largest absolute Gasteiger partial charge is 0.490 e. The van der Waals surface area contributed by atoms with Crippen LogP contribution in [-0.4, -0.2) is 18.3 Å². The molecule has 2 N–H and O–H groups in total. The summed E-state index contributed by atoms with van der Waals surface area (Å²) in [5.41, 5.74) is 17.8. The number of nitrogen functional groups attached to an aromatic ring is 1. The van der Waals surface area contributed by atoms with E-state index in [2.05, 4.69) is 143 Å². The molecule has 1 saturated heterocycles. The first-order chi connectivity index (χ1) is 22.2. The summed E-state index contributed by atoms with van der Waals surface area (Å²) in [6, 6.07) is 43.6. The normalized spacial score (nSPS) is 17.4. The number of hydrogen-bond acceptors (Lipinski definition) is 3. The summed E-state index contributed by atoms with van der Waals surface area (Å²) < 4.78 is 13.2. The predicted molar refractivity (Wildman–Crippen MR) is 192 cm³/mol. The van der Waals surface area contributed by atoms with E-state index in [1.165, 1.54) is 33.4 Å². The molecule has 0 radical (unpaired) electrons. The lowest BCUT2D eigenvalue weighted by molar-refractivity contribution is 0.00578. The van der Waals surface area contributed by atoms with E-state index in [1.54, 1.807) is 0 Å². The summed E-state index contributed by atoms with van der Waals surface area (Å²) in [5, 5.41) is 0. The number of fused-ring (bicyclic) bond motifs is 3. The van der Waals surface area contributed by atoms with E-state index < -0.39 is 23.7 Å². The maximum absolute atomic E-state index is 6.70. The Morgan fingerprint density at radius 2 is 1.20 bits per heavy atom. The summed E-state index contributed by atoms with van der Waals surface area (Å²) in [6.45, 7) is 12.4. The fraction of sp³-hybridized carbons (Fsp3) is 0.190. The van der Waals surface area contributed by atoms with Gasteiger partial charge < -0.3 is 15.0 Å². The highest BCUT2D eigenvalue weighted by molar-refractivity contribution is 6.54. The minimum absolute atomic E-state index is 0.458. The highest BCUT2D eigenvalue weighted by Gasteiger charge is 2.52. The molecule has 2 aliphatic rings. The van der Waals surface area contributed by atoms with Gasteiger partial charge in [0.05, 0.1) is 16.6 Å². The van der Waals surface area contributed by atoms with Crippen LogP contribution in [0.25, 0.3) is 22.3 Å². The fourth-order valence-corrected chi connectivity index (χ4v) is 7.26. The van der Waals surface area contributed by atoms with Gasteiger partial charge in [-0.3, -0.25) is 0 Å². The van der Waals surface area contributed by atoms with Crippen LogP contribution >= 0.6 is 0 Å². The molecule has 1 heterocycles. The topological polar surface area (TPSA) is 44.5 Å². The van der Waals surface area contributed by atoms with Crippen LogP contribution in [0.15, 0.2) is 146 Å². The number of allylic oxidation sites excluding steroid dienone is 3. The monoisotopic (exact) mass is 601 g/mol. The molecule has 5 aromatic carbocycles.